The molecule has 1 nitrogen and oxygen atoms in total. The topological polar surface area (TPSA) is 26.0 Å². The average molecular weight is 167 g/mol. The first kappa shape index (κ1) is 11.2. The fourth-order valence-corrected chi connectivity index (χ4v) is 0.986. The van der Waals surface area contributed by atoms with E-state index < -0.39 is 0 Å². The highest BCUT2D eigenvalue weighted by molar-refractivity contribution is 5.15. The first-order valence-corrected chi connectivity index (χ1v) is 4.58. The first-order valence-electron chi connectivity index (χ1n) is 4.58. The molecule has 0 amide bonds. The molecule has 0 spiro atoms. The predicted molar refractivity (Wildman–Crippen MR) is 57.3 cm³/mol. The summed E-state index contributed by atoms with van der Waals surface area (Å²) in [7, 11) is 0. The van der Waals surface area contributed by atoms with Gasteiger partial charge >= 0.3 is 0 Å². The van der Waals surface area contributed by atoms with E-state index in [-0.39, 0.29) is 7.47 Å². The third-order valence-corrected chi connectivity index (χ3v) is 1.40. The van der Waals surface area contributed by atoms with Gasteiger partial charge in [-0.3, -0.25) is 0 Å². The average Bonchev–Trinajstić information content (AvgIpc) is 2.08. The molecule has 0 fully saturated rings. The Morgan fingerprint density at radius 2 is 1.75 bits per heavy atom. The molecule has 0 bridgehead atoms. The van der Waals surface area contributed by atoms with Crippen LogP contribution in [0.25, 0.3) is 0 Å². The van der Waals surface area contributed by atoms with Crippen molar-refractivity contribution in [2.45, 2.75) is 33.2 Å². The quantitative estimate of drug-likeness (QED) is 0.720. The number of rotatable bonds is 2. The van der Waals surface area contributed by atoms with Crippen LogP contribution in [0.5, 0.6) is 0 Å². The molecule has 1 aromatic rings. The van der Waals surface area contributed by atoms with Crippen LogP contribution in [0.3, 0.4) is 0 Å². The summed E-state index contributed by atoms with van der Waals surface area (Å²) in [5, 5.41) is 0. The monoisotopic (exact) mass is 167 g/mol. The van der Waals surface area contributed by atoms with E-state index in [4.69, 9.17) is 5.73 Å². The van der Waals surface area contributed by atoms with Gasteiger partial charge in [-0.2, -0.15) is 0 Å². The zero-order chi connectivity index (χ0) is 9.40. The maximum Gasteiger partial charge on any atom is 0.00509 e. The van der Waals surface area contributed by atoms with Crippen LogP contribution in [0, 0.1) is 0 Å². The van der Waals surface area contributed by atoms with Crippen molar-refractivity contribution >= 4 is 0 Å². The zero-order valence-corrected chi connectivity index (χ0v) is 8.25. The van der Waals surface area contributed by atoms with Crippen LogP contribution in [0.4, 0.5) is 0 Å². The first-order chi connectivity index (χ1) is 5.79. The van der Waals surface area contributed by atoms with Gasteiger partial charge in [0.2, 0.25) is 0 Å². The SMILES string of the molecule is CC.C[C@H](N)Cc1ccccc1.[HH]. The van der Waals surface area contributed by atoms with Crippen LogP contribution >= 0.6 is 0 Å². The van der Waals surface area contributed by atoms with Gasteiger partial charge in [-0.05, 0) is 18.9 Å². The van der Waals surface area contributed by atoms with Gasteiger partial charge in [-0.1, -0.05) is 44.2 Å². The number of hydrogen-bond donors (Lipinski definition) is 1. The van der Waals surface area contributed by atoms with E-state index in [2.05, 4.69) is 12.1 Å². The molecule has 70 valence electrons. The molecule has 1 atom stereocenters. The van der Waals surface area contributed by atoms with Gasteiger partial charge in [0, 0.05) is 7.47 Å². The Morgan fingerprint density at radius 1 is 1.25 bits per heavy atom. The Hall–Kier alpha value is -0.820. The molecule has 0 saturated heterocycles. The highest BCUT2D eigenvalue weighted by Gasteiger charge is 1.94. The minimum absolute atomic E-state index is 0. The lowest BCUT2D eigenvalue weighted by Crippen LogP contribution is -2.17. The van der Waals surface area contributed by atoms with E-state index in [9.17, 15) is 0 Å². The molecular weight excluding hydrogens is 146 g/mol. The minimum atomic E-state index is 0. The van der Waals surface area contributed by atoms with Gasteiger partial charge in [0.05, 0.1) is 0 Å². The second kappa shape index (κ2) is 6.86. The largest absolute Gasteiger partial charge is 0.328 e. The molecule has 0 unspecified atom stereocenters. The minimum Gasteiger partial charge on any atom is -0.328 e. The van der Waals surface area contributed by atoms with Crippen LogP contribution in [0.15, 0.2) is 30.3 Å². The maximum atomic E-state index is 5.62. The molecular formula is C11H21N. The van der Waals surface area contributed by atoms with Crippen molar-refractivity contribution in [3.63, 3.8) is 0 Å². The van der Waals surface area contributed by atoms with Crippen molar-refractivity contribution < 1.29 is 1.43 Å². The van der Waals surface area contributed by atoms with Crippen molar-refractivity contribution in [1.29, 1.82) is 0 Å². The van der Waals surface area contributed by atoms with E-state index in [1.54, 1.807) is 0 Å². The van der Waals surface area contributed by atoms with Gasteiger partial charge in [0.15, 0.2) is 0 Å². The zero-order valence-electron chi connectivity index (χ0n) is 8.25. The van der Waals surface area contributed by atoms with E-state index in [0.717, 1.165) is 6.42 Å². The maximum absolute atomic E-state index is 5.62. The van der Waals surface area contributed by atoms with Crippen LogP contribution in [-0.2, 0) is 6.42 Å². The summed E-state index contributed by atoms with van der Waals surface area (Å²) in [5.74, 6) is 0. The molecule has 0 aliphatic rings. The number of benzene rings is 1. The third kappa shape index (κ3) is 4.91. The number of nitrogens with two attached hydrogens (primary N) is 1. The molecule has 1 heteroatoms. The lowest BCUT2D eigenvalue weighted by atomic mass is 10.1. The predicted octanol–water partition coefficient (Wildman–Crippen LogP) is 2.85. The van der Waals surface area contributed by atoms with Gasteiger partial charge in [0.25, 0.3) is 0 Å². The van der Waals surface area contributed by atoms with E-state index >= 15 is 0 Å². The second-order valence-electron chi connectivity index (χ2n) is 2.67. The Labute approximate surface area is 77.1 Å². The molecule has 1 aromatic carbocycles. The molecule has 0 saturated carbocycles. The van der Waals surface area contributed by atoms with Gasteiger partial charge < -0.3 is 5.73 Å². The Morgan fingerprint density at radius 3 is 2.17 bits per heavy atom. The lowest BCUT2D eigenvalue weighted by molar-refractivity contribution is 0.738. The fraction of sp³-hybridized carbons (Fsp3) is 0.455. The standard InChI is InChI=1S/C9H13N.C2H6.H2/c1-8(10)7-9-5-3-2-4-6-9;1-2;/h2-6,8H,7,10H2,1H3;1-2H3;1H/t8-;;/m0../s1. The second-order valence-corrected chi connectivity index (χ2v) is 2.67. The van der Waals surface area contributed by atoms with E-state index in [1.807, 2.05) is 39.0 Å². The molecule has 1 rings (SSSR count). The summed E-state index contributed by atoms with van der Waals surface area (Å²) < 4.78 is 0. The van der Waals surface area contributed by atoms with Gasteiger partial charge in [-0.15, -0.1) is 0 Å². The van der Waals surface area contributed by atoms with Crippen LogP contribution in [0.1, 0.15) is 27.8 Å². The molecule has 2 N–H and O–H groups in total. The Bertz CT molecular complexity index is 185. The molecule has 0 aliphatic carbocycles. The Kier molecular flexibility index (Phi) is 6.39. The summed E-state index contributed by atoms with van der Waals surface area (Å²) in [5.41, 5.74) is 6.94. The molecule has 0 heterocycles. The normalized spacial score (nSPS) is 11.3. The van der Waals surface area contributed by atoms with E-state index in [0.29, 0.717) is 0 Å². The molecule has 12 heavy (non-hydrogen) atoms. The summed E-state index contributed by atoms with van der Waals surface area (Å²) in [4.78, 5) is 0. The summed E-state index contributed by atoms with van der Waals surface area (Å²) in [6, 6.07) is 10.6. The van der Waals surface area contributed by atoms with Crippen molar-refractivity contribution in [2.24, 2.45) is 5.73 Å². The van der Waals surface area contributed by atoms with Crippen molar-refractivity contribution in [1.82, 2.24) is 0 Å². The molecule has 0 aliphatic heterocycles. The van der Waals surface area contributed by atoms with Gasteiger partial charge in [-0.25, -0.2) is 0 Å². The van der Waals surface area contributed by atoms with Crippen LogP contribution < -0.4 is 5.73 Å². The van der Waals surface area contributed by atoms with E-state index in [1.165, 1.54) is 5.56 Å². The summed E-state index contributed by atoms with van der Waals surface area (Å²) in [6.07, 6.45) is 0.973. The highest BCUT2D eigenvalue weighted by Crippen LogP contribution is 2.00. The van der Waals surface area contributed by atoms with Crippen LogP contribution in [-0.4, -0.2) is 6.04 Å². The van der Waals surface area contributed by atoms with Gasteiger partial charge in [0.1, 0.15) is 0 Å². The van der Waals surface area contributed by atoms with Crippen molar-refractivity contribution in [2.75, 3.05) is 0 Å². The molecule has 0 aromatic heterocycles. The summed E-state index contributed by atoms with van der Waals surface area (Å²) in [6.45, 7) is 6.02. The highest BCUT2D eigenvalue weighted by atomic mass is 14.6. The lowest BCUT2D eigenvalue weighted by Gasteiger charge is -2.02. The molecule has 0 radical (unpaired) electrons. The fourth-order valence-electron chi connectivity index (χ4n) is 0.986. The van der Waals surface area contributed by atoms with Crippen LogP contribution in [0.2, 0.25) is 0 Å². The van der Waals surface area contributed by atoms with Crippen molar-refractivity contribution in [3.8, 4) is 0 Å². The Balaban J connectivity index is 0. The smallest absolute Gasteiger partial charge is 0.00509 e. The number of hydrogen-bond acceptors (Lipinski definition) is 1. The summed E-state index contributed by atoms with van der Waals surface area (Å²) >= 11 is 0. The van der Waals surface area contributed by atoms with Crippen molar-refractivity contribution in [3.05, 3.63) is 35.9 Å². The third-order valence-electron chi connectivity index (χ3n) is 1.40.